The molecule has 3 aromatic carbocycles. The van der Waals surface area contributed by atoms with E-state index in [1.54, 1.807) is 47.1 Å². The van der Waals surface area contributed by atoms with Gasteiger partial charge in [0, 0.05) is 22.8 Å². The molecule has 0 saturated heterocycles. The number of fused-ring (bicyclic) bond motifs is 1. The van der Waals surface area contributed by atoms with Crippen molar-refractivity contribution in [3.8, 4) is 5.13 Å². The normalized spacial score (nSPS) is 11.0. The molecule has 1 amide bonds. The number of thiazole rings is 1. The molecule has 5 aromatic rings. The van der Waals surface area contributed by atoms with Crippen LogP contribution in [-0.4, -0.2) is 26.5 Å². The number of aryl methyl sites for hydroxylation is 2. The van der Waals surface area contributed by atoms with Crippen LogP contribution in [0.25, 0.3) is 15.3 Å². The Morgan fingerprint density at radius 2 is 1.59 bits per heavy atom. The van der Waals surface area contributed by atoms with Crippen LogP contribution < -0.4 is 5.32 Å². The quantitative estimate of drug-likeness (QED) is 0.298. The summed E-state index contributed by atoms with van der Waals surface area (Å²) in [5.41, 5.74) is 4.12. The monoisotopic (exact) mass is 486 g/mol. The number of nitrogens with zero attached hydrogens (tertiary/aromatic N) is 3. The molecule has 34 heavy (non-hydrogen) atoms. The Labute approximate surface area is 204 Å². The average molecular weight is 487 g/mol. The van der Waals surface area contributed by atoms with Crippen molar-refractivity contribution in [2.75, 3.05) is 5.32 Å². The Morgan fingerprint density at radius 1 is 0.912 bits per heavy atom. The maximum atomic E-state index is 13.0. The molecule has 0 atom stereocenters. The second-order valence-corrected chi connectivity index (χ2v) is 9.23. The topological polar surface area (TPSA) is 76.9 Å². The first kappa shape index (κ1) is 22.0. The molecule has 0 unspecified atom stereocenters. The van der Waals surface area contributed by atoms with Crippen molar-refractivity contribution in [1.29, 1.82) is 0 Å². The maximum absolute atomic E-state index is 13.0. The van der Waals surface area contributed by atoms with Crippen molar-refractivity contribution in [1.82, 2.24) is 14.8 Å². The number of benzene rings is 3. The van der Waals surface area contributed by atoms with Crippen molar-refractivity contribution < 1.29 is 9.59 Å². The molecule has 0 saturated carbocycles. The van der Waals surface area contributed by atoms with Crippen LogP contribution in [0.5, 0.6) is 0 Å². The van der Waals surface area contributed by atoms with Gasteiger partial charge in [0.05, 0.1) is 20.9 Å². The molecular weight excluding hydrogens is 468 g/mol. The van der Waals surface area contributed by atoms with Gasteiger partial charge in [-0.25, -0.2) is 4.98 Å². The van der Waals surface area contributed by atoms with Gasteiger partial charge in [0.1, 0.15) is 5.82 Å². The van der Waals surface area contributed by atoms with E-state index in [-0.39, 0.29) is 11.7 Å². The number of halogens is 1. The molecule has 0 aliphatic heterocycles. The van der Waals surface area contributed by atoms with Crippen molar-refractivity contribution in [3.63, 3.8) is 0 Å². The van der Waals surface area contributed by atoms with Gasteiger partial charge in [0.15, 0.2) is 5.78 Å². The second-order valence-electron chi connectivity index (χ2n) is 7.85. The molecule has 6 nitrogen and oxygen atoms in total. The minimum Gasteiger partial charge on any atom is -0.306 e. The number of carbonyl (C=O) groups is 2. The van der Waals surface area contributed by atoms with Crippen LogP contribution in [0.4, 0.5) is 5.82 Å². The first-order valence-electron chi connectivity index (χ1n) is 10.5. The van der Waals surface area contributed by atoms with Crippen LogP contribution in [-0.2, 0) is 0 Å². The number of amides is 1. The molecule has 0 aliphatic rings. The van der Waals surface area contributed by atoms with Crippen molar-refractivity contribution in [2.45, 2.75) is 13.8 Å². The summed E-state index contributed by atoms with van der Waals surface area (Å²) in [6.07, 6.45) is 0. The average Bonchev–Trinajstić information content (AvgIpc) is 3.46. The van der Waals surface area contributed by atoms with E-state index in [0.717, 1.165) is 21.5 Å². The molecule has 0 bridgehead atoms. The van der Waals surface area contributed by atoms with E-state index in [4.69, 9.17) is 16.6 Å². The maximum Gasteiger partial charge on any atom is 0.256 e. The summed E-state index contributed by atoms with van der Waals surface area (Å²) >= 11 is 7.77. The molecular formula is C26H19ClN4O2S. The third kappa shape index (κ3) is 4.11. The number of hydrogen-bond acceptors (Lipinski definition) is 5. The molecule has 168 valence electrons. The summed E-state index contributed by atoms with van der Waals surface area (Å²) in [5.74, 6) is 0.0982. The Balaban J connectivity index is 1.41. The SMILES string of the molecule is Cc1cc(NC(=O)c2ccc(C(=O)c3ccccc3)cc2)n(-c2nc3c(C)ccc(Cl)c3s2)n1. The van der Waals surface area contributed by atoms with Crippen LogP contribution in [0, 0.1) is 13.8 Å². The van der Waals surface area contributed by atoms with Gasteiger partial charge < -0.3 is 5.32 Å². The summed E-state index contributed by atoms with van der Waals surface area (Å²) in [6, 6.07) is 21.2. The Bertz CT molecular complexity index is 1500. The zero-order chi connectivity index (χ0) is 23.8. The number of anilines is 1. The Hall–Kier alpha value is -3.81. The van der Waals surface area contributed by atoms with Crippen LogP contribution in [0.2, 0.25) is 5.02 Å². The Morgan fingerprint density at radius 3 is 2.29 bits per heavy atom. The number of aromatic nitrogens is 3. The van der Waals surface area contributed by atoms with E-state index in [1.807, 2.05) is 44.2 Å². The lowest BCUT2D eigenvalue weighted by Gasteiger charge is -2.07. The molecule has 0 spiro atoms. The van der Waals surface area contributed by atoms with Gasteiger partial charge in [-0.1, -0.05) is 71.5 Å². The lowest BCUT2D eigenvalue weighted by molar-refractivity contribution is 0.101. The second kappa shape index (κ2) is 8.85. The zero-order valence-corrected chi connectivity index (χ0v) is 19.9. The number of rotatable bonds is 5. The number of carbonyl (C=O) groups excluding carboxylic acids is 2. The summed E-state index contributed by atoms with van der Waals surface area (Å²) in [7, 11) is 0. The lowest BCUT2D eigenvalue weighted by atomic mass is 10.0. The predicted molar refractivity (Wildman–Crippen MR) is 135 cm³/mol. The van der Waals surface area contributed by atoms with Crippen LogP contribution in [0.1, 0.15) is 37.5 Å². The highest BCUT2D eigenvalue weighted by molar-refractivity contribution is 7.21. The van der Waals surface area contributed by atoms with Crippen LogP contribution >= 0.6 is 22.9 Å². The van der Waals surface area contributed by atoms with Crippen molar-refractivity contribution >= 4 is 50.7 Å². The van der Waals surface area contributed by atoms with Gasteiger partial charge in [-0.2, -0.15) is 9.78 Å². The van der Waals surface area contributed by atoms with Gasteiger partial charge in [0.25, 0.3) is 5.91 Å². The molecule has 8 heteroatoms. The molecule has 1 N–H and O–H groups in total. The van der Waals surface area contributed by atoms with Gasteiger partial charge in [-0.3, -0.25) is 9.59 Å². The fourth-order valence-electron chi connectivity index (χ4n) is 3.63. The van der Waals surface area contributed by atoms with Gasteiger partial charge in [0.2, 0.25) is 5.13 Å². The summed E-state index contributed by atoms with van der Waals surface area (Å²) < 4.78 is 2.49. The summed E-state index contributed by atoms with van der Waals surface area (Å²) in [4.78, 5) is 30.3. The molecule has 0 fully saturated rings. The highest BCUT2D eigenvalue weighted by Crippen LogP contribution is 2.34. The van der Waals surface area contributed by atoms with Gasteiger partial charge in [-0.15, -0.1) is 0 Å². The van der Waals surface area contributed by atoms with E-state index >= 15 is 0 Å². The largest absolute Gasteiger partial charge is 0.306 e. The minimum atomic E-state index is -0.310. The molecule has 2 aromatic heterocycles. The number of nitrogens with one attached hydrogen (secondary N) is 1. The first-order chi connectivity index (χ1) is 16.4. The third-order valence-electron chi connectivity index (χ3n) is 5.39. The van der Waals surface area contributed by atoms with Crippen LogP contribution in [0.15, 0.2) is 72.8 Å². The fourth-order valence-corrected chi connectivity index (χ4v) is 4.92. The highest BCUT2D eigenvalue weighted by Gasteiger charge is 2.18. The summed E-state index contributed by atoms with van der Waals surface area (Å²) in [5, 5.41) is 8.66. The lowest BCUT2D eigenvalue weighted by Crippen LogP contribution is -2.15. The number of hydrogen-bond donors (Lipinski definition) is 1. The minimum absolute atomic E-state index is 0.0916. The standard InChI is InChI=1S/C26H19ClN4O2S/c1-15-8-13-20(27)24-22(15)29-26(34-24)31-21(14-16(2)30-31)28-25(33)19-11-9-18(10-12-19)23(32)17-6-4-3-5-7-17/h3-14H,1-2H3,(H,28,33). The van der Waals surface area contributed by atoms with Crippen molar-refractivity contribution in [3.05, 3.63) is 106 Å². The Kier molecular flexibility index (Phi) is 5.73. The molecule has 0 aliphatic carbocycles. The third-order valence-corrected chi connectivity index (χ3v) is 6.88. The van der Waals surface area contributed by atoms with Gasteiger partial charge >= 0.3 is 0 Å². The van der Waals surface area contributed by atoms with Gasteiger partial charge in [-0.05, 0) is 37.6 Å². The van der Waals surface area contributed by atoms with Crippen LogP contribution in [0.3, 0.4) is 0 Å². The predicted octanol–water partition coefficient (Wildman–Crippen LogP) is 6.24. The fraction of sp³-hybridized carbons (Fsp3) is 0.0769. The smallest absolute Gasteiger partial charge is 0.256 e. The first-order valence-corrected chi connectivity index (χ1v) is 11.7. The van der Waals surface area contributed by atoms with E-state index < -0.39 is 0 Å². The van der Waals surface area contributed by atoms with E-state index in [1.165, 1.54) is 11.3 Å². The number of ketones is 1. The summed E-state index contributed by atoms with van der Waals surface area (Å²) in [6.45, 7) is 3.83. The zero-order valence-electron chi connectivity index (χ0n) is 18.4. The molecule has 5 rings (SSSR count). The van der Waals surface area contributed by atoms with E-state index in [2.05, 4.69) is 10.4 Å². The highest BCUT2D eigenvalue weighted by atomic mass is 35.5. The van der Waals surface area contributed by atoms with Crippen molar-refractivity contribution in [2.24, 2.45) is 0 Å². The molecule has 2 heterocycles. The van der Waals surface area contributed by atoms with E-state index in [0.29, 0.717) is 32.7 Å². The van der Waals surface area contributed by atoms with E-state index in [9.17, 15) is 9.59 Å². The molecule has 0 radical (unpaired) electrons.